The van der Waals surface area contributed by atoms with Gasteiger partial charge in [-0.15, -0.1) is 0 Å². The topological polar surface area (TPSA) is 127 Å². The van der Waals surface area contributed by atoms with Crippen LogP contribution in [0, 0.1) is 5.82 Å². The zero-order chi connectivity index (χ0) is 31.3. The maximum Gasteiger partial charge on any atom is 0.251 e. The molecule has 0 fully saturated rings. The van der Waals surface area contributed by atoms with Crippen LogP contribution < -0.4 is 25.4 Å². The lowest BCUT2D eigenvalue weighted by Crippen LogP contribution is -2.29. The lowest BCUT2D eigenvalue weighted by atomic mass is 10.1. The third-order valence-electron chi connectivity index (χ3n) is 6.22. The van der Waals surface area contributed by atoms with Crippen molar-refractivity contribution in [2.45, 2.75) is 39.2 Å². The summed E-state index contributed by atoms with van der Waals surface area (Å²) in [4.78, 5) is 37.7. The van der Waals surface area contributed by atoms with Crippen molar-refractivity contribution in [2.24, 2.45) is 0 Å². The van der Waals surface area contributed by atoms with Crippen molar-refractivity contribution in [3.8, 4) is 11.5 Å². The Hall–Kier alpha value is -3.74. The van der Waals surface area contributed by atoms with Crippen LogP contribution in [0.1, 0.15) is 48.5 Å². The summed E-state index contributed by atoms with van der Waals surface area (Å²) in [6.07, 6.45) is 2.12. The first kappa shape index (κ1) is 35.5. The Labute approximate surface area is 253 Å². The molecule has 12 heteroatoms. The minimum atomic E-state index is -0.394. The molecule has 0 radical (unpaired) electrons. The highest BCUT2D eigenvalue weighted by Crippen LogP contribution is 2.26. The van der Waals surface area contributed by atoms with Gasteiger partial charge in [-0.1, -0.05) is 6.07 Å². The van der Waals surface area contributed by atoms with E-state index in [1.165, 1.54) is 24.3 Å². The second-order valence-electron chi connectivity index (χ2n) is 9.75. The fourth-order valence-electron chi connectivity index (χ4n) is 3.99. The zero-order valence-electron chi connectivity index (χ0n) is 25.4. The molecule has 0 saturated carbocycles. The molecule has 3 amide bonds. The molecule has 0 spiro atoms. The molecule has 0 aliphatic carbocycles. The Bertz CT molecular complexity index is 1120. The standard InChI is InChI=1S/C31H45FN4O7/c1-4-33-29(37)8-6-17-43-27-14-11-25(28(21-27)40-3)22-36(2)16-5-7-30(38)35-23-42-20-19-41-18-15-34-31(39)24-9-12-26(32)13-10-24/h9-14,21H,4-8,15-20,22-23H2,1-3H3,(H,33,37)(H,34,39)(H,35,38). The summed E-state index contributed by atoms with van der Waals surface area (Å²) >= 11 is 0. The largest absolute Gasteiger partial charge is 0.496 e. The SMILES string of the molecule is CCNC(=O)CCCOc1ccc(CN(C)CCCC(=O)NCOCCOCCNC(=O)c2ccc(F)cc2)c(OC)c1. The second kappa shape index (κ2) is 21.0. The Balaban J connectivity index is 1.50. The lowest BCUT2D eigenvalue weighted by molar-refractivity contribution is -0.123. The molecule has 0 aromatic heterocycles. The maximum absolute atomic E-state index is 12.9. The quantitative estimate of drug-likeness (QED) is 0.138. The molecule has 11 nitrogen and oxygen atoms in total. The van der Waals surface area contributed by atoms with E-state index < -0.39 is 5.82 Å². The van der Waals surface area contributed by atoms with E-state index in [-0.39, 0.29) is 24.5 Å². The Morgan fingerprint density at radius 2 is 1.58 bits per heavy atom. The predicted molar refractivity (Wildman–Crippen MR) is 160 cm³/mol. The molecule has 2 aromatic rings. The Morgan fingerprint density at radius 3 is 2.33 bits per heavy atom. The van der Waals surface area contributed by atoms with Gasteiger partial charge in [0, 0.05) is 49.7 Å². The molecule has 2 rings (SSSR count). The number of nitrogens with one attached hydrogen (secondary N) is 3. The van der Waals surface area contributed by atoms with Gasteiger partial charge in [-0.3, -0.25) is 14.4 Å². The van der Waals surface area contributed by atoms with Crippen LogP contribution in [0.4, 0.5) is 4.39 Å². The molecule has 0 aliphatic rings. The van der Waals surface area contributed by atoms with E-state index >= 15 is 0 Å². The summed E-state index contributed by atoms with van der Waals surface area (Å²) < 4.78 is 35.0. The summed E-state index contributed by atoms with van der Waals surface area (Å²) in [5, 5.41) is 8.19. The summed E-state index contributed by atoms with van der Waals surface area (Å²) in [5.41, 5.74) is 1.39. The minimum Gasteiger partial charge on any atom is -0.496 e. The van der Waals surface area contributed by atoms with Gasteiger partial charge < -0.3 is 39.8 Å². The second-order valence-corrected chi connectivity index (χ2v) is 9.75. The van der Waals surface area contributed by atoms with Crippen LogP contribution in [0.25, 0.3) is 0 Å². The molecule has 0 heterocycles. The van der Waals surface area contributed by atoms with Crippen molar-refractivity contribution in [3.05, 3.63) is 59.4 Å². The number of halogens is 1. The van der Waals surface area contributed by atoms with Crippen molar-refractivity contribution in [1.82, 2.24) is 20.9 Å². The molecular weight excluding hydrogens is 559 g/mol. The fraction of sp³-hybridized carbons (Fsp3) is 0.516. The van der Waals surface area contributed by atoms with E-state index in [2.05, 4.69) is 20.9 Å². The fourth-order valence-corrected chi connectivity index (χ4v) is 3.99. The lowest BCUT2D eigenvalue weighted by Gasteiger charge is -2.19. The highest BCUT2D eigenvalue weighted by Gasteiger charge is 2.10. The first-order chi connectivity index (χ1) is 20.8. The van der Waals surface area contributed by atoms with Crippen molar-refractivity contribution < 1.29 is 37.7 Å². The number of carbonyl (C=O) groups excluding carboxylic acids is 3. The Morgan fingerprint density at radius 1 is 0.860 bits per heavy atom. The van der Waals surface area contributed by atoms with Gasteiger partial charge in [-0.25, -0.2) is 4.39 Å². The van der Waals surface area contributed by atoms with E-state index in [0.29, 0.717) is 83.1 Å². The number of methoxy groups -OCH3 is 1. The van der Waals surface area contributed by atoms with Crippen LogP contribution in [0.15, 0.2) is 42.5 Å². The van der Waals surface area contributed by atoms with Crippen LogP contribution >= 0.6 is 0 Å². The van der Waals surface area contributed by atoms with E-state index in [1.54, 1.807) is 7.11 Å². The minimum absolute atomic E-state index is 0.0248. The average Bonchev–Trinajstić information content (AvgIpc) is 2.99. The van der Waals surface area contributed by atoms with Gasteiger partial charge in [0.05, 0.1) is 33.5 Å². The summed E-state index contributed by atoms with van der Waals surface area (Å²) in [5.74, 6) is 0.657. The molecule has 3 N–H and O–H groups in total. The normalized spacial score (nSPS) is 10.8. The number of hydrogen-bond acceptors (Lipinski definition) is 8. The van der Waals surface area contributed by atoms with Crippen molar-refractivity contribution in [3.63, 3.8) is 0 Å². The third kappa shape index (κ3) is 15.3. The molecular formula is C31H45FN4O7. The van der Waals surface area contributed by atoms with Gasteiger partial charge in [0.15, 0.2) is 0 Å². The van der Waals surface area contributed by atoms with Crippen LogP contribution in [0.3, 0.4) is 0 Å². The van der Waals surface area contributed by atoms with Crippen LogP contribution in [0.5, 0.6) is 11.5 Å². The first-order valence-corrected chi connectivity index (χ1v) is 14.5. The number of nitrogens with zero attached hydrogens (tertiary/aromatic N) is 1. The third-order valence-corrected chi connectivity index (χ3v) is 6.22. The molecule has 0 bridgehead atoms. The molecule has 238 valence electrons. The number of amides is 3. The van der Waals surface area contributed by atoms with Gasteiger partial charge in [0.2, 0.25) is 11.8 Å². The van der Waals surface area contributed by atoms with Crippen LogP contribution in [-0.2, 0) is 25.6 Å². The van der Waals surface area contributed by atoms with Gasteiger partial charge in [-0.2, -0.15) is 0 Å². The smallest absolute Gasteiger partial charge is 0.251 e. The van der Waals surface area contributed by atoms with Crippen molar-refractivity contribution in [1.29, 1.82) is 0 Å². The van der Waals surface area contributed by atoms with Crippen LogP contribution in [0.2, 0.25) is 0 Å². The first-order valence-electron chi connectivity index (χ1n) is 14.5. The highest BCUT2D eigenvalue weighted by atomic mass is 19.1. The zero-order valence-corrected chi connectivity index (χ0v) is 25.4. The van der Waals surface area contributed by atoms with Gasteiger partial charge in [0.1, 0.15) is 24.0 Å². The summed E-state index contributed by atoms with van der Waals surface area (Å²) in [7, 11) is 3.61. The van der Waals surface area contributed by atoms with Crippen molar-refractivity contribution >= 4 is 17.7 Å². The van der Waals surface area contributed by atoms with Gasteiger partial charge in [-0.05, 0) is 63.7 Å². The van der Waals surface area contributed by atoms with Gasteiger partial charge >= 0.3 is 0 Å². The van der Waals surface area contributed by atoms with E-state index in [4.69, 9.17) is 18.9 Å². The van der Waals surface area contributed by atoms with Crippen LogP contribution in [-0.4, -0.2) is 89.6 Å². The Kier molecular flexibility index (Phi) is 17.3. The molecule has 2 aromatic carbocycles. The highest BCUT2D eigenvalue weighted by molar-refractivity contribution is 5.94. The average molecular weight is 605 g/mol. The number of benzene rings is 2. The number of hydrogen-bond donors (Lipinski definition) is 3. The van der Waals surface area contributed by atoms with E-state index in [9.17, 15) is 18.8 Å². The van der Waals surface area contributed by atoms with E-state index in [0.717, 1.165) is 17.9 Å². The molecule has 0 aliphatic heterocycles. The van der Waals surface area contributed by atoms with Gasteiger partial charge in [0.25, 0.3) is 5.91 Å². The molecule has 0 unspecified atom stereocenters. The van der Waals surface area contributed by atoms with Crippen molar-refractivity contribution in [2.75, 3.05) is 67.0 Å². The molecule has 43 heavy (non-hydrogen) atoms. The maximum atomic E-state index is 12.9. The summed E-state index contributed by atoms with van der Waals surface area (Å²) in [6.45, 7) is 5.68. The number of rotatable bonds is 22. The van der Waals surface area contributed by atoms with E-state index in [1.807, 2.05) is 32.2 Å². The monoisotopic (exact) mass is 604 g/mol. The summed E-state index contributed by atoms with van der Waals surface area (Å²) in [6, 6.07) is 11.0. The molecule has 0 saturated heterocycles. The number of carbonyl (C=O) groups is 3. The molecule has 0 atom stereocenters. The predicted octanol–water partition coefficient (Wildman–Crippen LogP) is 2.88. The number of ether oxygens (including phenoxy) is 4.